The Morgan fingerprint density at radius 2 is 1.81 bits per heavy atom. The first-order valence-electron chi connectivity index (χ1n) is 4.89. The van der Waals surface area contributed by atoms with Crippen molar-refractivity contribution >= 4 is 38.8 Å². The summed E-state index contributed by atoms with van der Waals surface area (Å²) in [6.45, 7) is 0. The molecule has 78 valence electrons. The van der Waals surface area contributed by atoms with Crippen molar-refractivity contribution in [1.82, 2.24) is 9.97 Å². The topological polar surface area (TPSA) is 42.9 Å². The van der Waals surface area contributed by atoms with E-state index in [1.54, 1.807) is 6.08 Å². The van der Waals surface area contributed by atoms with Crippen LogP contribution in [0.1, 0.15) is 16.2 Å². The molecule has 3 nitrogen and oxygen atoms in total. The SMILES string of the molecule is O=C1c2nc3ccccc3nc2C=CC1Br. The highest BCUT2D eigenvalue weighted by Gasteiger charge is 2.23. The second-order valence-electron chi connectivity index (χ2n) is 3.57. The van der Waals surface area contributed by atoms with Gasteiger partial charge in [-0.15, -0.1) is 0 Å². The number of halogens is 1. The summed E-state index contributed by atoms with van der Waals surface area (Å²) in [7, 11) is 0. The third kappa shape index (κ3) is 1.38. The molecule has 1 aromatic heterocycles. The lowest BCUT2D eigenvalue weighted by atomic mass is 10.1. The summed E-state index contributed by atoms with van der Waals surface area (Å²) in [6.07, 6.45) is 3.61. The molecule has 0 N–H and O–H groups in total. The minimum atomic E-state index is -0.282. The average Bonchev–Trinajstić information content (AvgIpc) is 2.32. The maximum Gasteiger partial charge on any atom is 0.200 e. The van der Waals surface area contributed by atoms with Crippen LogP contribution in [0.2, 0.25) is 0 Å². The van der Waals surface area contributed by atoms with Gasteiger partial charge in [0.25, 0.3) is 0 Å². The number of carbonyl (C=O) groups excluding carboxylic acids is 1. The fourth-order valence-corrected chi connectivity index (χ4v) is 2.07. The van der Waals surface area contributed by atoms with E-state index in [1.807, 2.05) is 30.3 Å². The molecule has 4 heteroatoms. The number of hydrogen-bond donors (Lipinski definition) is 0. The third-order valence-corrected chi connectivity index (χ3v) is 3.23. The van der Waals surface area contributed by atoms with E-state index in [-0.39, 0.29) is 10.6 Å². The van der Waals surface area contributed by atoms with Crippen molar-refractivity contribution in [2.24, 2.45) is 0 Å². The number of nitrogens with zero attached hydrogens (tertiary/aromatic N) is 2. The van der Waals surface area contributed by atoms with Crippen molar-refractivity contribution in [3.63, 3.8) is 0 Å². The zero-order valence-electron chi connectivity index (χ0n) is 8.22. The first kappa shape index (κ1) is 9.66. The van der Waals surface area contributed by atoms with Crippen LogP contribution in [0.15, 0.2) is 30.3 Å². The first-order chi connectivity index (χ1) is 7.75. The van der Waals surface area contributed by atoms with Gasteiger partial charge < -0.3 is 0 Å². The number of Topliss-reactive ketones (excluding diaryl/α,β-unsaturated/α-hetero) is 1. The van der Waals surface area contributed by atoms with Gasteiger partial charge in [-0.25, -0.2) is 9.97 Å². The largest absolute Gasteiger partial charge is 0.291 e. The summed E-state index contributed by atoms with van der Waals surface area (Å²) < 4.78 is 0. The molecule has 2 aromatic rings. The normalized spacial score (nSPS) is 18.8. The smallest absolute Gasteiger partial charge is 0.200 e. The van der Waals surface area contributed by atoms with Gasteiger partial charge in [0.05, 0.1) is 21.6 Å². The molecule has 0 fully saturated rings. The number of fused-ring (bicyclic) bond motifs is 2. The lowest BCUT2D eigenvalue weighted by Gasteiger charge is -2.12. The zero-order valence-corrected chi connectivity index (χ0v) is 9.81. The van der Waals surface area contributed by atoms with Crippen LogP contribution in [0.3, 0.4) is 0 Å². The van der Waals surface area contributed by atoms with Gasteiger partial charge in [-0.05, 0) is 18.2 Å². The van der Waals surface area contributed by atoms with E-state index < -0.39 is 0 Å². The van der Waals surface area contributed by atoms with Gasteiger partial charge in [0.15, 0.2) is 0 Å². The maximum atomic E-state index is 11.9. The second-order valence-corrected chi connectivity index (χ2v) is 4.56. The van der Waals surface area contributed by atoms with Gasteiger partial charge >= 0.3 is 0 Å². The van der Waals surface area contributed by atoms with Crippen LogP contribution in [0, 0.1) is 0 Å². The standard InChI is InChI=1S/C12H7BrN2O/c13-7-5-6-10-11(12(7)16)15-9-4-2-1-3-8(9)14-10/h1-7H. The van der Waals surface area contributed by atoms with E-state index in [4.69, 9.17) is 0 Å². The Bertz CT molecular complexity index is 621. The molecule has 1 unspecified atom stereocenters. The predicted octanol–water partition coefficient (Wildman–Crippen LogP) is 2.60. The molecule has 0 saturated carbocycles. The van der Waals surface area contributed by atoms with Crippen LogP contribution in [0.4, 0.5) is 0 Å². The Morgan fingerprint density at radius 3 is 2.56 bits per heavy atom. The summed E-state index contributed by atoms with van der Waals surface area (Å²) in [5.41, 5.74) is 2.67. The molecule has 3 rings (SSSR count). The van der Waals surface area contributed by atoms with Crippen molar-refractivity contribution in [3.8, 4) is 0 Å². The molecular formula is C12H7BrN2O. The number of ketones is 1. The minimum absolute atomic E-state index is 0.0317. The van der Waals surface area contributed by atoms with Crippen LogP contribution < -0.4 is 0 Å². The number of hydrogen-bond acceptors (Lipinski definition) is 3. The van der Waals surface area contributed by atoms with E-state index in [0.717, 1.165) is 11.0 Å². The molecule has 16 heavy (non-hydrogen) atoms. The van der Waals surface area contributed by atoms with Gasteiger partial charge in [0.2, 0.25) is 5.78 Å². The summed E-state index contributed by atoms with van der Waals surface area (Å²) >= 11 is 3.28. The van der Waals surface area contributed by atoms with Gasteiger partial charge in [-0.3, -0.25) is 4.79 Å². The minimum Gasteiger partial charge on any atom is -0.291 e. The Hall–Kier alpha value is -1.55. The highest BCUT2D eigenvalue weighted by atomic mass is 79.9. The van der Waals surface area contributed by atoms with E-state index in [2.05, 4.69) is 25.9 Å². The number of rotatable bonds is 0. The Kier molecular flexibility index (Phi) is 2.11. The van der Waals surface area contributed by atoms with Crippen molar-refractivity contribution in [1.29, 1.82) is 0 Å². The Labute approximate surface area is 100 Å². The second kappa shape index (κ2) is 3.49. The number of carbonyl (C=O) groups is 1. The van der Waals surface area contributed by atoms with Crippen molar-refractivity contribution < 1.29 is 4.79 Å². The molecule has 0 aliphatic heterocycles. The van der Waals surface area contributed by atoms with Gasteiger partial charge in [-0.2, -0.15) is 0 Å². The molecule has 1 heterocycles. The van der Waals surface area contributed by atoms with Crippen LogP contribution in [-0.2, 0) is 0 Å². The van der Waals surface area contributed by atoms with E-state index in [1.165, 1.54) is 0 Å². The number of aromatic nitrogens is 2. The maximum absolute atomic E-state index is 11.9. The van der Waals surface area contributed by atoms with E-state index >= 15 is 0 Å². The van der Waals surface area contributed by atoms with E-state index in [0.29, 0.717) is 11.4 Å². The van der Waals surface area contributed by atoms with Crippen molar-refractivity contribution in [2.75, 3.05) is 0 Å². The van der Waals surface area contributed by atoms with Crippen LogP contribution in [0.5, 0.6) is 0 Å². The Morgan fingerprint density at radius 1 is 1.12 bits per heavy atom. The highest BCUT2D eigenvalue weighted by Crippen LogP contribution is 2.22. The number of alkyl halides is 1. The van der Waals surface area contributed by atoms with Crippen LogP contribution in [0.25, 0.3) is 17.1 Å². The zero-order chi connectivity index (χ0) is 11.1. The molecule has 1 aliphatic carbocycles. The fraction of sp³-hybridized carbons (Fsp3) is 0.0833. The summed E-state index contributed by atoms with van der Waals surface area (Å²) in [5, 5.41) is 0. The molecule has 0 spiro atoms. The van der Waals surface area contributed by atoms with Crippen LogP contribution >= 0.6 is 15.9 Å². The monoisotopic (exact) mass is 274 g/mol. The summed E-state index contributed by atoms with van der Waals surface area (Å²) in [4.78, 5) is 20.3. The van der Waals surface area contributed by atoms with Gasteiger partial charge in [0.1, 0.15) is 5.69 Å². The van der Waals surface area contributed by atoms with Crippen molar-refractivity contribution in [3.05, 3.63) is 41.7 Å². The van der Waals surface area contributed by atoms with Crippen molar-refractivity contribution in [2.45, 2.75) is 4.83 Å². The lowest BCUT2D eigenvalue weighted by molar-refractivity contribution is 0.0996. The third-order valence-electron chi connectivity index (χ3n) is 2.50. The first-order valence-corrected chi connectivity index (χ1v) is 5.80. The summed E-state index contributed by atoms with van der Waals surface area (Å²) in [6, 6.07) is 7.54. The van der Waals surface area contributed by atoms with E-state index in [9.17, 15) is 4.79 Å². The average molecular weight is 275 g/mol. The number of benzene rings is 1. The quantitative estimate of drug-likeness (QED) is 0.694. The lowest BCUT2D eigenvalue weighted by Crippen LogP contribution is -2.19. The molecule has 1 aromatic carbocycles. The molecule has 0 amide bonds. The predicted molar refractivity (Wildman–Crippen MR) is 65.6 cm³/mol. The molecular weight excluding hydrogens is 268 g/mol. The van der Waals surface area contributed by atoms with Gasteiger partial charge in [-0.1, -0.05) is 34.1 Å². The Balaban J connectivity index is 2.33. The van der Waals surface area contributed by atoms with Gasteiger partial charge in [0, 0.05) is 0 Å². The number of allylic oxidation sites excluding steroid dienone is 1. The molecule has 0 saturated heterocycles. The molecule has 0 bridgehead atoms. The molecule has 1 aliphatic rings. The molecule has 0 radical (unpaired) electrons. The fourth-order valence-electron chi connectivity index (χ4n) is 1.70. The molecule has 1 atom stereocenters. The number of para-hydroxylation sites is 2. The van der Waals surface area contributed by atoms with Crippen LogP contribution in [-0.4, -0.2) is 20.6 Å². The highest BCUT2D eigenvalue weighted by molar-refractivity contribution is 9.10. The summed E-state index contributed by atoms with van der Waals surface area (Å²) in [5.74, 6) is -0.0317.